The number of carbonyl (C=O) groups excluding carboxylic acids is 1. The van der Waals surface area contributed by atoms with Crippen molar-refractivity contribution in [2.75, 3.05) is 32.5 Å². The molecule has 2 N–H and O–H groups in total. The van der Waals surface area contributed by atoms with Gasteiger partial charge in [-0.15, -0.1) is 0 Å². The lowest BCUT2D eigenvalue weighted by molar-refractivity contribution is 0.0946. The molecule has 3 aromatic rings. The number of halogens is 1. The Kier molecular flexibility index (Phi) is 6.57. The van der Waals surface area contributed by atoms with Crippen molar-refractivity contribution in [1.29, 1.82) is 0 Å². The van der Waals surface area contributed by atoms with Crippen molar-refractivity contribution in [1.82, 2.24) is 20.2 Å². The maximum atomic E-state index is 12.6. The fourth-order valence-corrected chi connectivity index (χ4v) is 2.63. The number of carbonyl (C=O) groups is 1. The van der Waals surface area contributed by atoms with E-state index in [1.807, 2.05) is 61.5 Å². The van der Waals surface area contributed by atoms with Gasteiger partial charge in [-0.2, -0.15) is 0 Å². The van der Waals surface area contributed by atoms with Crippen LogP contribution in [0.5, 0.6) is 0 Å². The van der Waals surface area contributed by atoms with Gasteiger partial charge >= 0.3 is 0 Å². The van der Waals surface area contributed by atoms with E-state index in [1.54, 1.807) is 18.2 Å². The number of rotatable bonds is 7. The van der Waals surface area contributed by atoms with Crippen LogP contribution in [0.1, 0.15) is 10.5 Å². The molecule has 1 amide bonds. The Balaban J connectivity index is 1.89. The first-order valence-electron chi connectivity index (χ1n) is 8.91. The van der Waals surface area contributed by atoms with Crippen LogP contribution in [-0.2, 0) is 0 Å². The van der Waals surface area contributed by atoms with Crippen LogP contribution in [-0.4, -0.2) is 48.0 Å². The van der Waals surface area contributed by atoms with Gasteiger partial charge in [0.05, 0.1) is 0 Å². The van der Waals surface area contributed by atoms with Crippen LogP contribution in [0, 0.1) is 0 Å². The fraction of sp³-hybridized carbons (Fsp3) is 0.190. The molecule has 28 heavy (non-hydrogen) atoms. The van der Waals surface area contributed by atoms with Gasteiger partial charge in [0.2, 0.25) is 0 Å². The molecule has 0 radical (unpaired) electrons. The lowest BCUT2D eigenvalue weighted by atomic mass is 10.2. The summed E-state index contributed by atoms with van der Waals surface area (Å²) in [6.07, 6.45) is 0. The molecule has 7 heteroatoms. The summed E-state index contributed by atoms with van der Waals surface area (Å²) in [6.45, 7) is 1.29. The minimum absolute atomic E-state index is 0.236. The third-order valence-corrected chi connectivity index (χ3v) is 4.20. The standard InChI is InChI=1S/C21H22ClN5O/c1-27(2)13-12-23-21(28)18-14-19(24-17-10-8-16(22)9-11-17)26-20(25-18)15-6-4-3-5-7-15/h3-11,14H,12-13H2,1-2H3,(H,23,28)(H,24,25,26). The minimum atomic E-state index is -0.236. The maximum absolute atomic E-state index is 12.6. The van der Waals surface area contributed by atoms with Gasteiger partial charge in [0.1, 0.15) is 11.5 Å². The van der Waals surface area contributed by atoms with Gasteiger partial charge in [0.25, 0.3) is 5.91 Å². The fourth-order valence-electron chi connectivity index (χ4n) is 2.51. The van der Waals surface area contributed by atoms with Gasteiger partial charge in [-0.1, -0.05) is 41.9 Å². The first-order chi connectivity index (χ1) is 13.5. The Morgan fingerprint density at radius 1 is 1.04 bits per heavy atom. The Bertz CT molecular complexity index is 929. The summed E-state index contributed by atoms with van der Waals surface area (Å²) in [7, 11) is 3.91. The first-order valence-corrected chi connectivity index (χ1v) is 9.29. The Hall–Kier alpha value is -2.96. The monoisotopic (exact) mass is 395 g/mol. The summed E-state index contributed by atoms with van der Waals surface area (Å²) in [5.74, 6) is 0.784. The lowest BCUT2D eigenvalue weighted by Gasteiger charge is -2.12. The van der Waals surface area contributed by atoms with E-state index in [4.69, 9.17) is 11.6 Å². The zero-order valence-corrected chi connectivity index (χ0v) is 16.6. The van der Waals surface area contributed by atoms with E-state index in [2.05, 4.69) is 20.6 Å². The summed E-state index contributed by atoms with van der Waals surface area (Å²) in [5.41, 5.74) is 1.97. The van der Waals surface area contributed by atoms with Gasteiger partial charge in [-0.05, 0) is 38.4 Å². The molecule has 0 aliphatic heterocycles. The van der Waals surface area contributed by atoms with Crippen LogP contribution in [0.4, 0.5) is 11.5 Å². The van der Waals surface area contributed by atoms with Crippen molar-refractivity contribution in [3.63, 3.8) is 0 Å². The summed E-state index contributed by atoms with van der Waals surface area (Å²) >= 11 is 5.95. The number of benzene rings is 2. The molecule has 6 nitrogen and oxygen atoms in total. The summed E-state index contributed by atoms with van der Waals surface area (Å²) < 4.78 is 0. The summed E-state index contributed by atoms with van der Waals surface area (Å²) in [6, 6.07) is 18.5. The molecule has 0 spiro atoms. The van der Waals surface area contributed by atoms with Gasteiger partial charge in [-0.25, -0.2) is 9.97 Å². The second-order valence-corrected chi connectivity index (χ2v) is 6.96. The molecular weight excluding hydrogens is 374 g/mol. The van der Waals surface area contributed by atoms with Crippen molar-refractivity contribution in [2.45, 2.75) is 0 Å². The van der Waals surface area contributed by atoms with Crippen molar-refractivity contribution < 1.29 is 4.79 Å². The quantitative estimate of drug-likeness (QED) is 0.636. The highest BCUT2D eigenvalue weighted by molar-refractivity contribution is 6.30. The predicted octanol–water partition coefficient (Wildman–Crippen LogP) is 3.83. The smallest absolute Gasteiger partial charge is 0.270 e. The summed E-state index contributed by atoms with van der Waals surface area (Å²) in [5, 5.41) is 6.76. The average molecular weight is 396 g/mol. The molecular formula is C21H22ClN5O. The molecule has 0 fully saturated rings. The van der Waals surface area contributed by atoms with Crippen LogP contribution in [0.2, 0.25) is 5.02 Å². The van der Waals surface area contributed by atoms with Gasteiger partial charge in [0, 0.05) is 35.4 Å². The second-order valence-electron chi connectivity index (χ2n) is 6.52. The number of amides is 1. The summed E-state index contributed by atoms with van der Waals surface area (Å²) in [4.78, 5) is 23.6. The lowest BCUT2D eigenvalue weighted by Crippen LogP contribution is -2.32. The zero-order valence-electron chi connectivity index (χ0n) is 15.8. The van der Waals surface area contributed by atoms with Crippen molar-refractivity contribution in [3.8, 4) is 11.4 Å². The highest BCUT2D eigenvalue weighted by Crippen LogP contribution is 2.22. The highest BCUT2D eigenvalue weighted by atomic mass is 35.5. The van der Waals surface area contributed by atoms with E-state index in [9.17, 15) is 4.79 Å². The van der Waals surface area contributed by atoms with Crippen molar-refractivity contribution in [2.24, 2.45) is 0 Å². The van der Waals surface area contributed by atoms with E-state index in [-0.39, 0.29) is 5.91 Å². The molecule has 3 rings (SSSR count). The molecule has 0 unspecified atom stereocenters. The number of nitrogens with one attached hydrogen (secondary N) is 2. The van der Waals surface area contributed by atoms with Crippen LogP contribution < -0.4 is 10.6 Å². The van der Waals surface area contributed by atoms with Crippen molar-refractivity contribution in [3.05, 3.63) is 71.4 Å². The first kappa shape index (κ1) is 19.8. The zero-order chi connectivity index (χ0) is 19.9. The van der Waals surface area contributed by atoms with Crippen LogP contribution in [0.15, 0.2) is 60.7 Å². The largest absolute Gasteiger partial charge is 0.349 e. The Morgan fingerprint density at radius 2 is 1.75 bits per heavy atom. The normalized spacial score (nSPS) is 10.7. The number of aromatic nitrogens is 2. The van der Waals surface area contributed by atoms with Gasteiger partial charge < -0.3 is 15.5 Å². The van der Waals surface area contributed by atoms with Gasteiger partial charge in [-0.3, -0.25) is 4.79 Å². The van der Waals surface area contributed by atoms with Crippen LogP contribution in [0.25, 0.3) is 11.4 Å². The van der Waals surface area contributed by atoms with E-state index in [1.165, 1.54) is 0 Å². The molecule has 0 saturated carbocycles. The second kappa shape index (κ2) is 9.30. The number of hydrogen-bond donors (Lipinski definition) is 2. The molecule has 144 valence electrons. The molecule has 0 saturated heterocycles. The third kappa shape index (κ3) is 5.52. The minimum Gasteiger partial charge on any atom is -0.349 e. The Labute approximate surface area is 169 Å². The van der Waals surface area contributed by atoms with E-state index in [0.29, 0.717) is 28.9 Å². The SMILES string of the molecule is CN(C)CCNC(=O)c1cc(Nc2ccc(Cl)cc2)nc(-c2ccccc2)n1. The number of likely N-dealkylation sites (N-methyl/N-ethyl adjacent to an activating group) is 1. The third-order valence-electron chi connectivity index (χ3n) is 3.95. The molecule has 0 atom stereocenters. The average Bonchev–Trinajstić information content (AvgIpc) is 2.70. The van der Waals surface area contributed by atoms with Crippen LogP contribution >= 0.6 is 11.6 Å². The Morgan fingerprint density at radius 3 is 2.43 bits per heavy atom. The number of anilines is 2. The number of nitrogens with zero attached hydrogens (tertiary/aromatic N) is 3. The predicted molar refractivity (Wildman–Crippen MR) is 113 cm³/mol. The molecule has 1 aromatic heterocycles. The van der Waals surface area contributed by atoms with Crippen molar-refractivity contribution >= 4 is 29.0 Å². The van der Waals surface area contributed by atoms with E-state index in [0.717, 1.165) is 17.8 Å². The molecule has 0 bridgehead atoms. The maximum Gasteiger partial charge on any atom is 0.270 e. The van der Waals surface area contributed by atoms with E-state index < -0.39 is 0 Å². The van der Waals surface area contributed by atoms with E-state index >= 15 is 0 Å². The van der Waals surface area contributed by atoms with Gasteiger partial charge in [0.15, 0.2) is 5.82 Å². The highest BCUT2D eigenvalue weighted by Gasteiger charge is 2.13. The molecule has 0 aliphatic carbocycles. The van der Waals surface area contributed by atoms with Crippen LogP contribution in [0.3, 0.4) is 0 Å². The number of hydrogen-bond acceptors (Lipinski definition) is 5. The topological polar surface area (TPSA) is 70.2 Å². The molecule has 1 heterocycles. The molecule has 0 aliphatic rings. The molecule has 2 aromatic carbocycles.